The number of amides is 2. The molecule has 0 spiro atoms. The molecule has 30 heavy (non-hydrogen) atoms. The molecule has 1 aromatic carbocycles. The zero-order chi connectivity index (χ0) is 22.4. The molecule has 0 aliphatic heterocycles. The number of carbonyl (C=O) groups excluding carboxylic acids is 2. The van der Waals surface area contributed by atoms with Crippen LogP contribution in [0, 0.1) is 19.8 Å². The molecule has 0 saturated carbocycles. The third kappa shape index (κ3) is 5.22. The quantitative estimate of drug-likeness (QED) is 0.637. The second kappa shape index (κ2) is 10.00. The Morgan fingerprint density at radius 1 is 1.03 bits per heavy atom. The van der Waals surface area contributed by atoms with E-state index in [2.05, 4.69) is 29.8 Å². The zero-order valence-corrected chi connectivity index (χ0v) is 18.6. The summed E-state index contributed by atoms with van der Waals surface area (Å²) in [5, 5.41) is 4.51. The SMILES string of the molecule is COc1cc(C(=O)NNC(=O)Cc2c(C)nn(CC(C)C)c2C)cc(OC)c1OC. The van der Waals surface area contributed by atoms with Crippen molar-refractivity contribution in [2.24, 2.45) is 5.92 Å². The van der Waals surface area contributed by atoms with Crippen LogP contribution in [-0.2, 0) is 17.8 Å². The number of hydrazine groups is 1. The molecular formula is C21H30N4O5. The molecule has 2 aromatic rings. The van der Waals surface area contributed by atoms with Crippen LogP contribution >= 0.6 is 0 Å². The van der Waals surface area contributed by atoms with Crippen molar-refractivity contribution >= 4 is 11.8 Å². The Bertz CT molecular complexity index is 895. The maximum Gasteiger partial charge on any atom is 0.269 e. The molecule has 0 radical (unpaired) electrons. The summed E-state index contributed by atoms with van der Waals surface area (Å²) in [5.41, 5.74) is 7.73. The van der Waals surface area contributed by atoms with Crippen molar-refractivity contribution in [3.63, 3.8) is 0 Å². The minimum atomic E-state index is -0.508. The predicted molar refractivity (Wildman–Crippen MR) is 112 cm³/mol. The molecule has 9 heteroatoms. The molecule has 0 fully saturated rings. The van der Waals surface area contributed by atoms with Crippen molar-refractivity contribution in [1.29, 1.82) is 0 Å². The predicted octanol–water partition coefficient (Wildman–Crippen LogP) is 2.19. The maximum atomic E-state index is 12.5. The van der Waals surface area contributed by atoms with E-state index in [-0.39, 0.29) is 17.9 Å². The topological polar surface area (TPSA) is 104 Å². The summed E-state index contributed by atoms with van der Waals surface area (Å²) in [7, 11) is 4.41. The summed E-state index contributed by atoms with van der Waals surface area (Å²) in [5.74, 6) is 0.666. The van der Waals surface area contributed by atoms with Gasteiger partial charge in [-0.1, -0.05) is 13.8 Å². The Kier molecular flexibility index (Phi) is 7.68. The monoisotopic (exact) mass is 418 g/mol. The van der Waals surface area contributed by atoms with Crippen LogP contribution in [0.5, 0.6) is 17.2 Å². The van der Waals surface area contributed by atoms with Crippen LogP contribution in [0.3, 0.4) is 0 Å². The highest BCUT2D eigenvalue weighted by atomic mass is 16.5. The number of hydrogen-bond acceptors (Lipinski definition) is 6. The van der Waals surface area contributed by atoms with Gasteiger partial charge in [0.1, 0.15) is 0 Å². The summed E-state index contributed by atoms with van der Waals surface area (Å²) in [6.45, 7) is 8.83. The lowest BCUT2D eigenvalue weighted by Crippen LogP contribution is -2.42. The molecule has 2 N–H and O–H groups in total. The van der Waals surface area contributed by atoms with E-state index >= 15 is 0 Å². The summed E-state index contributed by atoms with van der Waals surface area (Å²) >= 11 is 0. The Labute approximate surface area is 176 Å². The van der Waals surface area contributed by atoms with Crippen LogP contribution in [0.1, 0.15) is 41.2 Å². The van der Waals surface area contributed by atoms with Gasteiger partial charge in [-0.05, 0) is 31.9 Å². The van der Waals surface area contributed by atoms with Gasteiger partial charge in [-0.2, -0.15) is 5.10 Å². The summed E-state index contributed by atoms with van der Waals surface area (Å²) < 4.78 is 17.7. The van der Waals surface area contributed by atoms with E-state index in [4.69, 9.17) is 14.2 Å². The van der Waals surface area contributed by atoms with Crippen molar-refractivity contribution < 1.29 is 23.8 Å². The molecule has 1 aromatic heterocycles. The Morgan fingerprint density at radius 3 is 2.13 bits per heavy atom. The van der Waals surface area contributed by atoms with Crippen LogP contribution in [0.25, 0.3) is 0 Å². The number of nitrogens with one attached hydrogen (secondary N) is 2. The van der Waals surface area contributed by atoms with Crippen molar-refractivity contribution in [2.45, 2.75) is 40.7 Å². The van der Waals surface area contributed by atoms with Crippen LogP contribution in [0.15, 0.2) is 12.1 Å². The first-order valence-electron chi connectivity index (χ1n) is 9.63. The van der Waals surface area contributed by atoms with E-state index in [9.17, 15) is 9.59 Å². The van der Waals surface area contributed by atoms with Crippen molar-refractivity contribution in [3.8, 4) is 17.2 Å². The van der Waals surface area contributed by atoms with Gasteiger partial charge in [0.15, 0.2) is 11.5 Å². The van der Waals surface area contributed by atoms with Crippen molar-refractivity contribution in [2.75, 3.05) is 21.3 Å². The smallest absolute Gasteiger partial charge is 0.269 e. The lowest BCUT2D eigenvalue weighted by Gasteiger charge is -2.14. The van der Waals surface area contributed by atoms with E-state index in [1.807, 2.05) is 18.5 Å². The lowest BCUT2D eigenvalue weighted by molar-refractivity contribution is -0.121. The molecule has 0 unspecified atom stereocenters. The highest BCUT2D eigenvalue weighted by molar-refractivity contribution is 5.96. The van der Waals surface area contributed by atoms with E-state index in [0.717, 1.165) is 23.5 Å². The first-order valence-corrected chi connectivity index (χ1v) is 9.63. The molecule has 0 saturated heterocycles. The Morgan fingerprint density at radius 2 is 1.63 bits per heavy atom. The molecular weight excluding hydrogens is 388 g/mol. The summed E-state index contributed by atoms with van der Waals surface area (Å²) in [4.78, 5) is 24.9. The van der Waals surface area contributed by atoms with E-state index in [1.165, 1.54) is 33.5 Å². The molecule has 0 bridgehead atoms. The molecule has 164 valence electrons. The second-order valence-corrected chi connectivity index (χ2v) is 7.32. The van der Waals surface area contributed by atoms with Gasteiger partial charge < -0.3 is 14.2 Å². The van der Waals surface area contributed by atoms with E-state index < -0.39 is 5.91 Å². The standard InChI is InChI=1S/C21H30N4O5/c1-12(2)11-25-14(4)16(13(3)24-25)10-19(26)22-23-21(27)15-8-17(28-5)20(30-7)18(9-15)29-6/h8-9,12H,10-11H2,1-7H3,(H,22,26)(H,23,27). The van der Waals surface area contributed by atoms with Gasteiger partial charge in [0.05, 0.1) is 33.4 Å². The highest BCUT2D eigenvalue weighted by Gasteiger charge is 2.19. The Balaban J connectivity index is 2.07. The maximum absolute atomic E-state index is 12.5. The largest absolute Gasteiger partial charge is 0.493 e. The Hall–Kier alpha value is -3.23. The van der Waals surface area contributed by atoms with Gasteiger partial charge in [0.25, 0.3) is 5.91 Å². The normalized spacial score (nSPS) is 10.7. The van der Waals surface area contributed by atoms with Gasteiger partial charge in [-0.15, -0.1) is 0 Å². The first-order chi connectivity index (χ1) is 14.2. The average molecular weight is 418 g/mol. The van der Waals surface area contributed by atoms with Gasteiger partial charge >= 0.3 is 0 Å². The minimum Gasteiger partial charge on any atom is -0.493 e. The minimum absolute atomic E-state index is 0.116. The number of benzene rings is 1. The van der Waals surface area contributed by atoms with Crippen LogP contribution in [0.2, 0.25) is 0 Å². The second-order valence-electron chi connectivity index (χ2n) is 7.32. The van der Waals surface area contributed by atoms with Gasteiger partial charge in [0, 0.05) is 23.4 Å². The number of hydrogen-bond donors (Lipinski definition) is 2. The van der Waals surface area contributed by atoms with Crippen molar-refractivity contribution in [1.82, 2.24) is 20.6 Å². The lowest BCUT2D eigenvalue weighted by atomic mass is 10.1. The fraction of sp³-hybridized carbons (Fsp3) is 0.476. The first kappa shape index (κ1) is 23.1. The fourth-order valence-electron chi connectivity index (χ4n) is 3.13. The number of carbonyl (C=O) groups is 2. The number of methoxy groups -OCH3 is 3. The van der Waals surface area contributed by atoms with Gasteiger partial charge in [0.2, 0.25) is 11.7 Å². The van der Waals surface area contributed by atoms with E-state index in [0.29, 0.717) is 23.2 Å². The van der Waals surface area contributed by atoms with E-state index in [1.54, 1.807) is 0 Å². The molecule has 0 aliphatic carbocycles. The average Bonchev–Trinajstić information content (AvgIpc) is 2.97. The van der Waals surface area contributed by atoms with Crippen molar-refractivity contribution in [3.05, 3.63) is 34.6 Å². The molecule has 0 aliphatic rings. The number of nitrogens with zero attached hydrogens (tertiary/aromatic N) is 2. The summed E-state index contributed by atoms with van der Waals surface area (Å²) in [6, 6.07) is 3.01. The van der Waals surface area contributed by atoms with Gasteiger partial charge in [-0.25, -0.2) is 0 Å². The third-order valence-electron chi connectivity index (χ3n) is 4.65. The number of ether oxygens (including phenoxy) is 3. The summed E-state index contributed by atoms with van der Waals surface area (Å²) in [6.07, 6.45) is 0.116. The molecule has 2 amide bonds. The number of aromatic nitrogens is 2. The molecule has 9 nitrogen and oxygen atoms in total. The fourth-order valence-corrected chi connectivity index (χ4v) is 3.13. The van der Waals surface area contributed by atoms with Crippen LogP contribution < -0.4 is 25.1 Å². The number of aryl methyl sites for hydroxylation is 1. The zero-order valence-electron chi connectivity index (χ0n) is 18.6. The number of rotatable bonds is 8. The van der Waals surface area contributed by atoms with Crippen LogP contribution in [-0.4, -0.2) is 42.9 Å². The molecule has 2 rings (SSSR count). The highest BCUT2D eigenvalue weighted by Crippen LogP contribution is 2.38. The molecule has 0 atom stereocenters. The third-order valence-corrected chi connectivity index (χ3v) is 4.65. The van der Waals surface area contributed by atoms with Crippen LogP contribution in [0.4, 0.5) is 0 Å². The molecule has 1 heterocycles. The van der Waals surface area contributed by atoms with Gasteiger partial charge in [-0.3, -0.25) is 25.1 Å².